The molecule has 0 aliphatic heterocycles. The Bertz CT molecular complexity index is 631. The van der Waals surface area contributed by atoms with E-state index in [9.17, 15) is 4.79 Å². The Morgan fingerprint density at radius 2 is 2.14 bits per heavy atom. The second kappa shape index (κ2) is 7.61. The van der Waals surface area contributed by atoms with Gasteiger partial charge < -0.3 is 5.32 Å². The molecule has 0 aliphatic carbocycles. The molecule has 3 nitrogen and oxygen atoms in total. The standard InChI is InChI=1S/C16H17BrN2OS/c1-11(2)19-15(20)14-7-4-8-18-16(14)21-10-12-5-3-6-13(17)9-12/h3-9,11H,10H2,1-2H3,(H,19,20). The van der Waals surface area contributed by atoms with Crippen LogP contribution in [0, 0.1) is 0 Å². The van der Waals surface area contributed by atoms with Crippen molar-refractivity contribution in [2.75, 3.05) is 0 Å². The minimum Gasteiger partial charge on any atom is -0.350 e. The van der Waals surface area contributed by atoms with E-state index in [1.54, 1.807) is 24.0 Å². The Morgan fingerprint density at radius 3 is 2.86 bits per heavy atom. The highest BCUT2D eigenvalue weighted by Gasteiger charge is 2.13. The Morgan fingerprint density at radius 1 is 1.33 bits per heavy atom. The molecule has 0 atom stereocenters. The van der Waals surface area contributed by atoms with Gasteiger partial charge in [0, 0.05) is 22.5 Å². The number of hydrogen-bond acceptors (Lipinski definition) is 3. The molecule has 0 spiro atoms. The maximum atomic E-state index is 12.2. The lowest BCUT2D eigenvalue weighted by Crippen LogP contribution is -2.30. The number of nitrogens with zero attached hydrogens (tertiary/aromatic N) is 1. The van der Waals surface area contributed by atoms with Gasteiger partial charge in [-0.15, -0.1) is 11.8 Å². The average Bonchev–Trinajstić information content (AvgIpc) is 2.45. The first kappa shape index (κ1) is 16.0. The highest BCUT2D eigenvalue weighted by Crippen LogP contribution is 2.25. The molecular formula is C16H17BrN2OS. The van der Waals surface area contributed by atoms with Crippen molar-refractivity contribution in [3.05, 3.63) is 58.2 Å². The van der Waals surface area contributed by atoms with Crippen LogP contribution in [0.25, 0.3) is 0 Å². The average molecular weight is 365 g/mol. The third-order valence-electron chi connectivity index (χ3n) is 2.70. The van der Waals surface area contributed by atoms with Crippen LogP contribution >= 0.6 is 27.7 Å². The van der Waals surface area contributed by atoms with Crippen molar-refractivity contribution in [1.29, 1.82) is 0 Å². The predicted octanol–water partition coefficient (Wildman–Crippen LogP) is 4.27. The van der Waals surface area contributed by atoms with Crippen LogP contribution in [0.1, 0.15) is 29.8 Å². The summed E-state index contributed by atoms with van der Waals surface area (Å²) >= 11 is 5.04. The number of aromatic nitrogens is 1. The van der Waals surface area contributed by atoms with E-state index in [-0.39, 0.29) is 11.9 Å². The lowest BCUT2D eigenvalue weighted by Gasteiger charge is -2.11. The van der Waals surface area contributed by atoms with Crippen LogP contribution in [0.3, 0.4) is 0 Å². The molecule has 1 heterocycles. The second-order valence-corrected chi connectivity index (χ2v) is 6.78. The summed E-state index contributed by atoms with van der Waals surface area (Å²) in [4.78, 5) is 16.5. The fourth-order valence-corrected chi connectivity index (χ4v) is 3.18. The first-order valence-electron chi connectivity index (χ1n) is 6.69. The number of pyridine rings is 1. The molecule has 1 N–H and O–H groups in total. The number of carbonyl (C=O) groups is 1. The zero-order valence-electron chi connectivity index (χ0n) is 12.0. The van der Waals surface area contributed by atoms with Crippen molar-refractivity contribution >= 4 is 33.6 Å². The largest absolute Gasteiger partial charge is 0.350 e. The molecule has 21 heavy (non-hydrogen) atoms. The topological polar surface area (TPSA) is 42.0 Å². The molecule has 1 aromatic heterocycles. The van der Waals surface area contributed by atoms with Gasteiger partial charge in [-0.3, -0.25) is 4.79 Å². The molecule has 0 fully saturated rings. The summed E-state index contributed by atoms with van der Waals surface area (Å²) in [6, 6.07) is 11.9. The molecule has 0 bridgehead atoms. The maximum absolute atomic E-state index is 12.2. The van der Waals surface area contributed by atoms with Crippen molar-refractivity contribution in [3.63, 3.8) is 0 Å². The van der Waals surface area contributed by atoms with Gasteiger partial charge in [-0.2, -0.15) is 0 Å². The lowest BCUT2D eigenvalue weighted by molar-refractivity contribution is 0.0939. The van der Waals surface area contributed by atoms with Gasteiger partial charge in [0.05, 0.1) is 5.56 Å². The van der Waals surface area contributed by atoms with Crippen LogP contribution in [-0.4, -0.2) is 16.9 Å². The van der Waals surface area contributed by atoms with Crippen molar-refractivity contribution < 1.29 is 4.79 Å². The number of thioether (sulfide) groups is 1. The molecule has 0 unspecified atom stereocenters. The third-order valence-corrected chi connectivity index (χ3v) is 4.27. The summed E-state index contributed by atoms with van der Waals surface area (Å²) in [7, 11) is 0. The van der Waals surface area contributed by atoms with E-state index in [0.29, 0.717) is 5.56 Å². The van der Waals surface area contributed by atoms with Gasteiger partial charge in [0.25, 0.3) is 5.91 Å². The normalized spacial score (nSPS) is 10.7. The molecule has 0 aliphatic rings. The van der Waals surface area contributed by atoms with Gasteiger partial charge in [0.15, 0.2) is 0 Å². The van der Waals surface area contributed by atoms with E-state index in [1.165, 1.54) is 5.56 Å². The lowest BCUT2D eigenvalue weighted by atomic mass is 10.2. The minimum absolute atomic E-state index is 0.0742. The molecular weight excluding hydrogens is 348 g/mol. The second-order valence-electron chi connectivity index (χ2n) is 4.90. The number of nitrogens with one attached hydrogen (secondary N) is 1. The molecule has 0 radical (unpaired) electrons. The first-order valence-corrected chi connectivity index (χ1v) is 8.47. The molecule has 5 heteroatoms. The first-order chi connectivity index (χ1) is 10.1. The number of halogens is 1. The highest BCUT2D eigenvalue weighted by atomic mass is 79.9. The molecule has 0 saturated carbocycles. The maximum Gasteiger partial charge on any atom is 0.254 e. The fraction of sp³-hybridized carbons (Fsp3) is 0.250. The summed E-state index contributed by atoms with van der Waals surface area (Å²) < 4.78 is 1.05. The minimum atomic E-state index is -0.0742. The Kier molecular flexibility index (Phi) is 5.82. The molecule has 1 amide bonds. The van der Waals surface area contributed by atoms with Crippen LogP contribution < -0.4 is 5.32 Å². The Balaban J connectivity index is 2.11. The van der Waals surface area contributed by atoms with Crippen molar-refractivity contribution in [2.24, 2.45) is 0 Å². The zero-order chi connectivity index (χ0) is 15.2. The SMILES string of the molecule is CC(C)NC(=O)c1cccnc1SCc1cccc(Br)c1. The summed E-state index contributed by atoms with van der Waals surface area (Å²) in [5.41, 5.74) is 1.82. The molecule has 2 rings (SSSR count). The van der Waals surface area contributed by atoms with Gasteiger partial charge in [-0.1, -0.05) is 28.1 Å². The summed E-state index contributed by atoms with van der Waals surface area (Å²) in [5.74, 6) is 0.702. The van der Waals surface area contributed by atoms with E-state index in [2.05, 4.69) is 38.4 Å². The van der Waals surface area contributed by atoms with E-state index in [4.69, 9.17) is 0 Å². The van der Waals surface area contributed by atoms with E-state index < -0.39 is 0 Å². The van der Waals surface area contributed by atoms with Gasteiger partial charge in [-0.05, 0) is 43.7 Å². The third kappa shape index (κ3) is 4.86. The van der Waals surface area contributed by atoms with Gasteiger partial charge >= 0.3 is 0 Å². The highest BCUT2D eigenvalue weighted by molar-refractivity contribution is 9.10. The smallest absolute Gasteiger partial charge is 0.254 e. The zero-order valence-corrected chi connectivity index (χ0v) is 14.4. The van der Waals surface area contributed by atoms with Crippen LogP contribution in [-0.2, 0) is 5.75 Å². The Labute approximate surface area is 137 Å². The number of carbonyl (C=O) groups excluding carboxylic acids is 1. The van der Waals surface area contributed by atoms with Crippen molar-refractivity contribution in [1.82, 2.24) is 10.3 Å². The van der Waals surface area contributed by atoms with Gasteiger partial charge in [0.2, 0.25) is 0 Å². The van der Waals surface area contributed by atoms with Crippen LogP contribution in [0.15, 0.2) is 52.1 Å². The van der Waals surface area contributed by atoms with E-state index in [1.807, 2.05) is 32.0 Å². The molecule has 0 saturated heterocycles. The summed E-state index contributed by atoms with van der Waals surface area (Å²) in [5, 5.41) is 3.67. The molecule has 110 valence electrons. The quantitative estimate of drug-likeness (QED) is 0.805. The van der Waals surface area contributed by atoms with Crippen molar-refractivity contribution in [2.45, 2.75) is 30.7 Å². The molecule has 2 aromatic rings. The number of hydrogen-bond donors (Lipinski definition) is 1. The number of rotatable bonds is 5. The summed E-state index contributed by atoms with van der Waals surface area (Å²) in [6.45, 7) is 3.89. The predicted molar refractivity (Wildman–Crippen MR) is 90.5 cm³/mol. The Hall–Kier alpha value is -1.33. The number of benzene rings is 1. The van der Waals surface area contributed by atoms with Crippen LogP contribution in [0.2, 0.25) is 0 Å². The summed E-state index contributed by atoms with van der Waals surface area (Å²) in [6.07, 6.45) is 1.72. The molecule has 1 aromatic carbocycles. The monoisotopic (exact) mass is 364 g/mol. The van der Waals surface area contributed by atoms with Crippen molar-refractivity contribution in [3.8, 4) is 0 Å². The fourth-order valence-electron chi connectivity index (χ4n) is 1.80. The van der Waals surface area contributed by atoms with Crippen LogP contribution in [0.4, 0.5) is 0 Å². The van der Waals surface area contributed by atoms with Gasteiger partial charge in [-0.25, -0.2) is 4.98 Å². The van der Waals surface area contributed by atoms with Gasteiger partial charge in [0.1, 0.15) is 5.03 Å². The van der Waals surface area contributed by atoms with E-state index >= 15 is 0 Å². The van der Waals surface area contributed by atoms with Crippen LogP contribution in [0.5, 0.6) is 0 Å². The van der Waals surface area contributed by atoms with E-state index in [0.717, 1.165) is 15.3 Å². The number of amides is 1.